The van der Waals surface area contributed by atoms with Crippen LogP contribution in [0.3, 0.4) is 0 Å². The molecule has 0 saturated heterocycles. The van der Waals surface area contributed by atoms with Gasteiger partial charge in [-0.3, -0.25) is 4.79 Å². The van der Waals surface area contributed by atoms with Crippen LogP contribution in [-0.4, -0.2) is 35.6 Å². The normalized spacial score (nSPS) is 10.4. The van der Waals surface area contributed by atoms with Gasteiger partial charge >= 0.3 is 0 Å². The Labute approximate surface area is 105 Å². The van der Waals surface area contributed by atoms with Crippen LogP contribution in [0, 0.1) is 5.82 Å². The summed E-state index contributed by atoms with van der Waals surface area (Å²) in [5.74, 6) is -0.916. The van der Waals surface area contributed by atoms with Crippen LogP contribution in [0.5, 0.6) is 0 Å². The van der Waals surface area contributed by atoms with E-state index in [9.17, 15) is 9.18 Å². The number of aliphatic hydroxyl groups is 1. The molecule has 5 heteroatoms. The number of aliphatic hydroxyl groups excluding tert-OH is 1. The zero-order valence-corrected chi connectivity index (χ0v) is 10.4. The van der Waals surface area contributed by atoms with Gasteiger partial charge in [0.25, 0.3) is 5.91 Å². The Kier molecular flexibility index (Phi) is 5.38. The van der Waals surface area contributed by atoms with Crippen LogP contribution in [0.4, 0.5) is 4.39 Å². The SMILES string of the molecule is CCN(CCCO)C(=O)c1cccc(F)c1Cl. The highest BCUT2D eigenvalue weighted by molar-refractivity contribution is 6.34. The van der Waals surface area contributed by atoms with Crippen LogP contribution < -0.4 is 0 Å². The van der Waals surface area contributed by atoms with Gasteiger partial charge in [0.15, 0.2) is 0 Å². The summed E-state index contributed by atoms with van der Waals surface area (Å²) in [7, 11) is 0. The van der Waals surface area contributed by atoms with Gasteiger partial charge in [0, 0.05) is 19.7 Å². The first kappa shape index (κ1) is 13.9. The van der Waals surface area contributed by atoms with E-state index in [4.69, 9.17) is 16.7 Å². The van der Waals surface area contributed by atoms with Gasteiger partial charge in [-0.2, -0.15) is 0 Å². The lowest BCUT2D eigenvalue weighted by Crippen LogP contribution is -2.32. The lowest BCUT2D eigenvalue weighted by atomic mass is 10.2. The van der Waals surface area contributed by atoms with Gasteiger partial charge in [-0.1, -0.05) is 17.7 Å². The molecule has 1 amide bonds. The average Bonchev–Trinajstić information content (AvgIpc) is 2.33. The first-order valence-electron chi connectivity index (χ1n) is 5.46. The summed E-state index contributed by atoms with van der Waals surface area (Å²) < 4.78 is 13.2. The van der Waals surface area contributed by atoms with Crippen molar-refractivity contribution in [2.75, 3.05) is 19.7 Å². The van der Waals surface area contributed by atoms with Crippen molar-refractivity contribution in [2.45, 2.75) is 13.3 Å². The summed E-state index contributed by atoms with van der Waals surface area (Å²) in [4.78, 5) is 13.6. The fourth-order valence-corrected chi connectivity index (χ4v) is 1.71. The number of carbonyl (C=O) groups excluding carboxylic acids is 1. The first-order valence-corrected chi connectivity index (χ1v) is 5.83. The number of nitrogens with zero attached hydrogens (tertiary/aromatic N) is 1. The second kappa shape index (κ2) is 6.57. The maximum Gasteiger partial charge on any atom is 0.255 e. The molecule has 0 saturated carbocycles. The highest BCUT2D eigenvalue weighted by Crippen LogP contribution is 2.21. The molecule has 0 heterocycles. The van der Waals surface area contributed by atoms with Crippen LogP contribution in [0.25, 0.3) is 0 Å². The Morgan fingerprint density at radius 2 is 2.24 bits per heavy atom. The van der Waals surface area contributed by atoms with E-state index >= 15 is 0 Å². The van der Waals surface area contributed by atoms with E-state index in [2.05, 4.69) is 0 Å². The summed E-state index contributed by atoms with van der Waals surface area (Å²) >= 11 is 5.75. The molecule has 0 fully saturated rings. The largest absolute Gasteiger partial charge is 0.396 e. The van der Waals surface area contributed by atoms with Gasteiger partial charge in [-0.15, -0.1) is 0 Å². The molecule has 1 rings (SSSR count). The second-order valence-electron chi connectivity index (χ2n) is 3.56. The van der Waals surface area contributed by atoms with Crippen LogP contribution in [0.1, 0.15) is 23.7 Å². The van der Waals surface area contributed by atoms with Crippen molar-refractivity contribution in [3.05, 3.63) is 34.6 Å². The number of benzene rings is 1. The highest BCUT2D eigenvalue weighted by atomic mass is 35.5. The van der Waals surface area contributed by atoms with E-state index in [1.165, 1.54) is 23.1 Å². The third-order valence-corrected chi connectivity index (χ3v) is 2.82. The fourth-order valence-electron chi connectivity index (χ4n) is 1.50. The number of rotatable bonds is 5. The van der Waals surface area contributed by atoms with Gasteiger partial charge in [-0.25, -0.2) is 4.39 Å². The Bertz CT molecular complexity index is 398. The van der Waals surface area contributed by atoms with Crippen molar-refractivity contribution in [1.82, 2.24) is 4.90 Å². The zero-order chi connectivity index (χ0) is 12.8. The van der Waals surface area contributed by atoms with Gasteiger partial charge in [0.2, 0.25) is 0 Å². The molecule has 1 aromatic rings. The Balaban J connectivity index is 2.90. The van der Waals surface area contributed by atoms with Crippen molar-refractivity contribution < 1.29 is 14.3 Å². The molecule has 1 aromatic carbocycles. The van der Waals surface area contributed by atoms with Gasteiger partial charge in [0.05, 0.1) is 10.6 Å². The van der Waals surface area contributed by atoms with E-state index in [0.717, 1.165) is 0 Å². The van der Waals surface area contributed by atoms with Gasteiger partial charge < -0.3 is 10.0 Å². The summed E-state index contributed by atoms with van der Waals surface area (Å²) in [5.41, 5.74) is 0.159. The number of carbonyl (C=O) groups is 1. The molecule has 0 aliphatic carbocycles. The Morgan fingerprint density at radius 1 is 1.53 bits per heavy atom. The van der Waals surface area contributed by atoms with Crippen molar-refractivity contribution in [1.29, 1.82) is 0 Å². The van der Waals surface area contributed by atoms with Crippen molar-refractivity contribution >= 4 is 17.5 Å². The topological polar surface area (TPSA) is 40.5 Å². The first-order chi connectivity index (χ1) is 8.11. The number of hydrogen-bond acceptors (Lipinski definition) is 2. The molecule has 0 atom stereocenters. The standard InChI is InChI=1S/C12H15ClFNO2/c1-2-15(7-4-8-16)12(17)9-5-3-6-10(14)11(9)13/h3,5-6,16H,2,4,7-8H2,1H3. The minimum absolute atomic E-state index is 0.0145. The maximum atomic E-state index is 13.2. The minimum Gasteiger partial charge on any atom is -0.396 e. The second-order valence-corrected chi connectivity index (χ2v) is 3.94. The lowest BCUT2D eigenvalue weighted by Gasteiger charge is -2.21. The van der Waals surface area contributed by atoms with Crippen LogP contribution in [0.15, 0.2) is 18.2 Å². The molecule has 0 aliphatic heterocycles. The Hall–Kier alpha value is -1.13. The smallest absolute Gasteiger partial charge is 0.255 e. The van der Waals surface area contributed by atoms with Gasteiger partial charge in [-0.05, 0) is 25.5 Å². The summed E-state index contributed by atoms with van der Waals surface area (Å²) in [6.07, 6.45) is 0.493. The molecular formula is C12H15ClFNO2. The van der Waals surface area contributed by atoms with Crippen molar-refractivity contribution in [2.24, 2.45) is 0 Å². The molecule has 0 spiro atoms. The summed E-state index contributed by atoms with van der Waals surface area (Å²) in [6.45, 7) is 2.76. The number of amides is 1. The molecule has 3 nitrogen and oxygen atoms in total. The van der Waals surface area contributed by atoms with Crippen LogP contribution in [-0.2, 0) is 0 Å². The van der Waals surface area contributed by atoms with E-state index < -0.39 is 5.82 Å². The monoisotopic (exact) mass is 259 g/mol. The zero-order valence-electron chi connectivity index (χ0n) is 9.62. The maximum absolute atomic E-state index is 13.2. The average molecular weight is 260 g/mol. The molecule has 0 bridgehead atoms. The van der Waals surface area contributed by atoms with E-state index in [1.54, 1.807) is 0 Å². The highest BCUT2D eigenvalue weighted by Gasteiger charge is 2.18. The molecule has 1 N–H and O–H groups in total. The Morgan fingerprint density at radius 3 is 2.82 bits per heavy atom. The molecular weight excluding hydrogens is 245 g/mol. The molecule has 0 radical (unpaired) electrons. The fraction of sp³-hybridized carbons (Fsp3) is 0.417. The molecule has 94 valence electrons. The summed E-state index contributed by atoms with van der Waals surface area (Å²) in [6, 6.07) is 4.16. The van der Waals surface area contributed by atoms with E-state index in [0.29, 0.717) is 19.5 Å². The molecule has 0 aromatic heterocycles. The van der Waals surface area contributed by atoms with Crippen LogP contribution in [0.2, 0.25) is 5.02 Å². The lowest BCUT2D eigenvalue weighted by molar-refractivity contribution is 0.0754. The van der Waals surface area contributed by atoms with E-state index in [1.807, 2.05) is 6.92 Å². The quantitative estimate of drug-likeness (QED) is 0.882. The number of halogens is 2. The third kappa shape index (κ3) is 3.41. The van der Waals surface area contributed by atoms with Crippen molar-refractivity contribution in [3.8, 4) is 0 Å². The molecule has 0 aliphatic rings. The van der Waals surface area contributed by atoms with E-state index in [-0.39, 0.29) is 23.1 Å². The van der Waals surface area contributed by atoms with Crippen LogP contribution >= 0.6 is 11.6 Å². The third-order valence-electron chi connectivity index (χ3n) is 2.44. The minimum atomic E-state index is -0.601. The molecule has 17 heavy (non-hydrogen) atoms. The van der Waals surface area contributed by atoms with Gasteiger partial charge in [0.1, 0.15) is 5.82 Å². The number of hydrogen-bond donors (Lipinski definition) is 1. The predicted octanol–water partition coefficient (Wildman–Crippen LogP) is 2.32. The summed E-state index contributed by atoms with van der Waals surface area (Å²) in [5, 5.41) is 8.58. The predicted molar refractivity (Wildman–Crippen MR) is 64.7 cm³/mol. The molecule has 0 unspecified atom stereocenters. The van der Waals surface area contributed by atoms with Crippen molar-refractivity contribution in [3.63, 3.8) is 0 Å².